The number of ether oxygens (including phenoxy) is 1. The van der Waals surface area contributed by atoms with Crippen LogP contribution in [-0.2, 0) is 20.7 Å². The van der Waals surface area contributed by atoms with Crippen molar-refractivity contribution in [3.8, 4) is 6.07 Å². The molecule has 0 unspecified atom stereocenters. The normalized spacial score (nSPS) is 10.5. The van der Waals surface area contributed by atoms with E-state index in [0.717, 1.165) is 5.56 Å². The zero-order chi connectivity index (χ0) is 20.4. The van der Waals surface area contributed by atoms with Gasteiger partial charge in [-0.05, 0) is 36.8 Å². The highest BCUT2D eigenvalue weighted by Crippen LogP contribution is 2.11. The summed E-state index contributed by atoms with van der Waals surface area (Å²) >= 11 is 0. The number of nitrogens with one attached hydrogen (secondary N) is 2. The maximum atomic E-state index is 12.1. The van der Waals surface area contributed by atoms with Crippen molar-refractivity contribution in [2.24, 2.45) is 0 Å². The number of hydrogen-bond acceptors (Lipinski definition) is 6. The van der Waals surface area contributed by atoms with Gasteiger partial charge in [0.2, 0.25) is 5.91 Å². The summed E-state index contributed by atoms with van der Waals surface area (Å²) in [6, 6.07) is 17.0. The lowest BCUT2D eigenvalue weighted by Gasteiger charge is -2.06. The molecule has 0 aliphatic rings. The molecule has 2 aromatic carbocycles. The molecule has 7 nitrogen and oxygen atoms in total. The molecule has 0 radical (unpaired) electrons. The summed E-state index contributed by atoms with van der Waals surface area (Å²) in [5.41, 5.74) is 1.45. The summed E-state index contributed by atoms with van der Waals surface area (Å²) in [6.07, 6.45) is 1.23. The summed E-state index contributed by atoms with van der Waals surface area (Å²) in [7, 11) is 0. The number of rotatable bonds is 7. The molecule has 2 N–H and O–H groups in total. The molecule has 7 heteroatoms. The molecule has 0 aromatic heterocycles. The third-order valence-corrected chi connectivity index (χ3v) is 3.60. The zero-order valence-electron chi connectivity index (χ0n) is 15.3. The van der Waals surface area contributed by atoms with Gasteiger partial charge in [0, 0.05) is 11.9 Å². The Labute approximate surface area is 162 Å². The van der Waals surface area contributed by atoms with Crippen molar-refractivity contribution in [1.82, 2.24) is 5.32 Å². The Morgan fingerprint density at radius 1 is 1.07 bits per heavy atom. The van der Waals surface area contributed by atoms with Crippen LogP contribution in [0.15, 0.2) is 66.4 Å². The van der Waals surface area contributed by atoms with E-state index < -0.39 is 17.8 Å². The van der Waals surface area contributed by atoms with E-state index in [9.17, 15) is 14.4 Å². The van der Waals surface area contributed by atoms with E-state index in [2.05, 4.69) is 10.6 Å². The number of nitrogens with zero attached hydrogens (tertiary/aromatic N) is 1. The second-order valence-corrected chi connectivity index (χ2v) is 5.65. The smallest absolute Gasteiger partial charge is 0.338 e. The molecular weight excluding hydrogens is 358 g/mol. The number of nitriles is 1. The highest BCUT2D eigenvalue weighted by Gasteiger charge is 2.13. The molecule has 28 heavy (non-hydrogen) atoms. The SMILES string of the molecule is CCOC(=O)c1ccc(N/C=C(\C#N)C(=O)NC(=O)Cc2ccccc2)cc1. The Balaban J connectivity index is 1.95. The Bertz CT molecular complexity index is 913. The van der Waals surface area contributed by atoms with E-state index in [0.29, 0.717) is 11.3 Å². The van der Waals surface area contributed by atoms with Crippen molar-refractivity contribution in [3.63, 3.8) is 0 Å². The van der Waals surface area contributed by atoms with E-state index in [4.69, 9.17) is 10.00 Å². The first-order chi connectivity index (χ1) is 13.5. The van der Waals surface area contributed by atoms with Crippen molar-refractivity contribution in [2.75, 3.05) is 11.9 Å². The number of amides is 2. The Hall–Kier alpha value is -3.92. The molecule has 2 amide bonds. The van der Waals surface area contributed by atoms with Gasteiger partial charge in [-0.3, -0.25) is 14.9 Å². The van der Waals surface area contributed by atoms with Crippen LogP contribution in [0.25, 0.3) is 0 Å². The van der Waals surface area contributed by atoms with Gasteiger partial charge in [-0.2, -0.15) is 5.26 Å². The maximum Gasteiger partial charge on any atom is 0.338 e. The summed E-state index contributed by atoms with van der Waals surface area (Å²) < 4.78 is 4.90. The van der Waals surface area contributed by atoms with Crippen LogP contribution in [0.3, 0.4) is 0 Å². The minimum atomic E-state index is -0.793. The number of carbonyl (C=O) groups excluding carboxylic acids is 3. The minimum absolute atomic E-state index is 0.0358. The number of imide groups is 1. The minimum Gasteiger partial charge on any atom is -0.462 e. The van der Waals surface area contributed by atoms with Gasteiger partial charge in [-0.1, -0.05) is 30.3 Å². The van der Waals surface area contributed by atoms with Gasteiger partial charge in [0.1, 0.15) is 11.6 Å². The first-order valence-electron chi connectivity index (χ1n) is 8.55. The monoisotopic (exact) mass is 377 g/mol. The van der Waals surface area contributed by atoms with E-state index in [1.165, 1.54) is 6.20 Å². The average molecular weight is 377 g/mol. The average Bonchev–Trinajstić information content (AvgIpc) is 2.69. The molecule has 2 aromatic rings. The number of carbonyl (C=O) groups is 3. The third kappa shape index (κ3) is 6.11. The topological polar surface area (TPSA) is 108 Å². The largest absolute Gasteiger partial charge is 0.462 e. The third-order valence-electron chi connectivity index (χ3n) is 3.60. The first-order valence-corrected chi connectivity index (χ1v) is 8.55. The van der Waals surface area contributed by atoms with Crippen LogP contribution in [0.1, 0.15) is 22.8 Å². The van der Waals surface area contributed by atoms with Gasteiger partial charge in [-0.15, -0.1) is 0 Å². The predicted molar refractivity (Wildman–Crippen MR) is 103 cm³/mol. The Morgan fingerprint density at radius 3 is 2.36 bits per heavy atom. The predicted octanol–water partition coefficient (Wildman–Crippen LogP) is 2.57. The van der Waals surface area contributed by atoms with Gasteiger partial charge in [0.05, 0.1) is 18.6 Å². The maximum absolute atomic E-state index is 12.1. The van der Waals surface area contributed by atoms with E-state index >= 15 is 0 Å². The van der Waals surface area contributed by atoms with Crippen molar-refractivity contribution in [2.45, 2.75) is 13.3 Å². The van der Waals surface area contributed by atoms with Crippen LogP contribution in [-0.4, -0.2) is 24.4 Å². The highest BCUT2D eigenvalue weighted by molar-refractivity contribution is 6.07. The molecular formula is C21H19N3O4. The van der Waals surface area contributed by atoms with Crippen molar-refractivity contribution >= 4 is 23.5 Å². The molecule has 0 spiro atoms. The molecule has 0 atom stereocenters. The highest BCUT2D eigenvalue weighted by atomic mass is 16.5. The van der Waals surface area contributed by atoms with Gasteiger partial charge in [0.25, 0.3) is 5.91 Å². The van der Waals surface area contributed by atoms with Crippen molar-refractivity contribution < 1.29 is 19.1 Å². The van der Waals surface area contributed by atoms with Crippen molar-refractivity contribution in [1.29, 1.82) is 5.26 Å². The van der Waals surface area contributed by atoms with Crippen LogP contribution in [0.2, 0.25) is 0 Å². The lowest BCUT2D eigenvalue weighted by atomic mass is 10.1. The van der Waals surface area contributed by atoms with Crippen LogP contribution in [0.4, 0.5) is 5.69 Å². The van der Waals surface area contributed by atoms with Gasteiger partial charge >= 0.3 is 5.97 Å². The van der Waals surface area contributed by atoms with E-state index in [1.54, 1.807) is 61.5 Å². The molecule has 0 saturated carbocycles. The molecule has 142 valence electrons. The van der Waals surface area contributed by atoms with Gasteiger partial charge in [-0.25, -0.2) is 4.79 Å². The Morgan fingerprint density at radius 2 is 1.75 bits per heavy atom. The van der Waals surface area contributed by atoms with Gasteiger partial charge < -0.3 is 10.1 Å². The van der Waals surface area contributed by atoms with E-state index in [1.807, 2.05) is 6.07 Å². The molecule has 0 saturated heterocycles. The summed E-state index contributed by atoms with van der Waals surface area (Å²) in [5.74, 6) is -1.73. The first kappa shape index (κ1) is 20.4. The van der Waals surface area contributed by atoms with Crippen LogP contribution in [0, 0.1) is 11.3 Å². The molecule has 0 aliphatic carbocycles. The van der Waals surface area contributed by atoms with Crippen LogP contribution in [0.5, 0.6) is 0 Å². The molecule has 2 rings (SSSR count). The molecule has 0 aliphatic heterocycles. The second kappa shape index (κ2) is 10.3. The quantitative estimate of drug-likeness (QED) is 0.436. The molecule has 0 fully saturated rings. The van der Waals surface area contributed by atoms with Gasteiger partial charge in [0.15, 0.2) is 0 Å². The summed E-state index contributed by atoms with van der Waals surface area (Å²) in [6.45, 7) is 2.00. The van der Waals surface area contributed by atoms with Crippen molar-refractivity contribution in [3.05, 3.63) is 77.5 Å². The lowest BCUT2D eigenvalue weighted by Crippen LogP contribution is -2.32. The van der Waals surface area contributed by atoms with Crippen LogP contribution >= 0.6 is 0 Å². The molecule has 0 heterocycles. The number of esters is 1. The zero-order valence-corrected chi connectivity index (χ0v) is 15.3. The standard InChI is InChI=1S/C21H19N3O4/c1-2-28-21(27)16-8-10-18(11-9-16)23-14-17(13-22)20(26)24-19(25)12-15-6-4-3-5-7-15/h3-11,14,23H,2,12H2,1H3,(H,24,25,26)/b17-14+. The fourth-order valence-corrected chi connectivity index (χ4v) is 2.24. The molecule has 0 bridgehead atoms. The van der Waals surface area contributed by atoms with E-state index in [-0.39, 0.29) is 18.6 Å². The fraction of sp³-hybridized carbons (Fsp3) is 0.143. The van der Waals surface area contributed by atoms with Crippen LogP contribution < -0.4 is 10.6 Å². The Kier molecular flexibility index (Phi) is 7.49. The number of hydrogen-bond donors (Lipinski definition) is 2. The number of benzene rings is 2. The second-order valence-electron chi connectivity index (χ2n) is 5.65. The fourth-order valence-electron chi connectivity index (χ4n) is 2.24. The lowest BCUT2D eigenvalue weighted by molar-refractivity contribution is -0.127. The number of anilines is 1. The summed E-state index contributed by atoms with van der Waals surface area (Å²) in [5, 5.41) is 14.1. The summed E-state index contributed by atoms with van der Waals surface area (Å²) in [4.78, 5) is 35.6.